The summed E-state index contributed by atoms with van der Waals surface area (Å²) < 4.78 is 4.95. The van der Waals surface area contributed by atoms with E-state index >= 15 is 0 Å². The quantitative estimate of drug-likeness (QED) is 0.487. The first-order valence-electron chi connectivity index (χ1n) is 8.39. The van der Waals surface area contributed by atoms with Gasteiger partial charge >= 0.3 is 5.97 Å². The molecule has 0 heterocycles. The van der Waals surface area contributed by atoms with Gasteiger partial charge in [0.1, 0.15) is 5.60 Å². The first-order chi connectivity index (χ1) is 10.3. The molecule has 124 valence electrons. The van der Waals surface area contributed by atoms with Gasteiger partial charge in [0.05, 0.1) is 6.61 Å². The first kappa shape index (κ1) is 18.8. The molecule has 1 saturated carbocycles. The van der Waals surface area contributed by atoms with E-state index in [0.29, 0.717) is 6.61 Å². The standard InChI is InChI=1S/C19H30O3/c1-6-9-16(14-17(20)22-7-2)11-13-19(21)15(3)10-8-12-18(19,4)5/h14-15,21H,6-10,12H2,1-5H3/b16-14-. The van der Waals surface area contributed by atoms with E-state index in [9.17, 15) is 9.90 Å². The fourth-order valence-electron chi connectivity index (χ4n) is 3.15. The summed E-state index contributed by atoms with van der Waals surface area (Å²) in [6.07, 6.45) is 6.16. The van der Waals surface area contributed by atoms with E-state index < -0.39 is 5.60 Å². The van der Waals surface area contributed by atoms with Crippen molar-refractivity contribution in [3.05, 3.63) is 11.6 Å². The van der Waals surface area contributed by atoms with Crippen LogP contribution in [0.1, 0.15) is 66.7 Å². The predicted molar refractivity (Wildman–Crippen MR) is 89.1 cm³/mol. The predicted octanol–water partition coefficient (Wildman–Crippen LogP) is 3.86. The first-order valence-corrected chi connectivity index (χ1v) is 8.39. The van der Waals surface area contributed by atoms with Crippen LogP contribution in [-0.2, 0) is 9.53 Å². The smallest absolute Gasteiger partial charge is 0.331 e. The summed E-state index contributed by atoms with van der Waals surface area (Å²) in [6.45, 7) is 10.4. The van der Waals surface area contributed by atoms with Gasteiger partial charge in [0.2, 0.25) is 0 Å². The molecule has 0 amide bonds. The van der Waals surface area contributed by atoms with Gasteiger partial charge in [-0.2, -0.15) is 0 Å². The average molecular weight is 306 g/mol. The Balaban J connectivity index is 3.06. The lowest BCUT2D eigenvalue weighted by Gasteiger charge is -2.47. The van der Waals surface area contributed by atoms with Crippen molar-refractivity contribution in [3.8, 4) is 11.8 Å². The van der Waals surface area contributed by atoms with Gasteiger partial charge < -0.3 is 9.84 Å². The summed E-state index contributed by atoms with van der Waals surface area (Å²) in [5.41, 5.74) is -0.506. The number of aliphatic hydroxyl groups is 1. The topological polar surface area (TPSA) is 46.5 Å². The van der Waals surface area contributed by atoms with Crippen LogP contribution in [0.15, 0.2) is 11.6 Å². The summed E-state index contributed by atoms with van der Waals surface area (Å²) in [6, 6.07) is 0. The van der Waals surface area contributed by atoms with Crippen molar-refractivity contribution in [1.29, 1.82) is 0 Å². The molecule has 22 heavy (non-hydrogen) atoms. The maximum absolute atomic E-state index is 11.6. The maximum atomic E-state index is 11.6. The maximum Gasteiger partial charge on any atom is 0.331 e. The Morgan fingerprint density at radius 2 is 2.09 bits per heavy atom. The number of ether oxygens (including phenoxy) is 1. The molecule has 0 saturated heterocycles. The molecule has 0 aromatic heterocycles. The third-order valence-corrected chi connectivity index (χ3v) is 4.70. The highest BCUT2D eigenvalue weighted by Crippen LogP contribution is 2.46. The van der Waals surface area contributed by atoms with Crippen LogP contribution in [0.25, 0.3) is 0 Å². The van der Waals surface area contributed by atoms with Gasteiger partial charge in [-0.1, -0.05) is 52.4 Å². The minimum atomic E-state index is -1.01. The summed E-state index contributed by atoms with van der Waals surface area (Å²) in [5, 5.41) is 11.1. The molecule has 1 fully saturated rings. The molecular weight excluding hydrogens is 276 g/mol. The van der Waals surface area contributed by atoms with Crippen LogP contribution in [-0.4, -0.2) is 23.3 Å². The van der Waals surface area contributed by atoms with Gasteiger partial charge in [-0.25, -0.2) is 4.79 Å². The van der Waals surface area contributed by atoms with Crippen molar-refractivity contribution in [1.82, 2.24) is 0 Å². The average Bonchev–Trinajstić information content (AvgIpc) is 2.43. The highest BCUT2D eigenvalue weighted by Gasteiger charge is 2.48. The lowest BCUT2D eigenvalue weighted by molar-refractivity contribution is -0.137. The molecule has 1 N–H and O–H groups in total. The van der Waals surface area contributed by atoms with Gasteiger partial charge in [0, 0.05) is 17.1 Å². The second-order valence-corrected chi connectivity index (χ2v) is 6.87. The van der Waals surface area contributed by atoms with E-state index in [2.05, 4.69) is 32.6 Å². The van der Waals surface area contributed by atoms with E-state index in [1.807, 2.05) is 6.92 Å². The zero-order valence-corrected chi connectivity index (χ0v) is 14.7. The van der Waals surface area contributed by atoms with E-state index in [0.717, 1.165) is 37.7 Å². The number of carbonyl (C=O) groups excluding carboxylic acids is 1. The molecule has 1 aliphatic carbocycles. The van der Waals surface area contributed by atoms with Gasteiger partial charge in [0.25, 0.3) is 0 Å². The number of rotatable bonds is 4. The molecule has 0 spiro atoms. The number of hydrogen-bond donors (Lipinski definition) is 1. The Morgan fingerprint density at radius 1 is 1.41 bits per heavy atom. The van der Waals surface area contributed by atoms with Crippen LogP contribution >= 0.6 is 0 Å². The lowest BCUT2D eigenvalue weighted by atomic mass is 9.61. The third-order valence-electron chi connectivity index (χ3n) is 4.70. The van der Waals surface area contributed by atoms with Crippen molar-refractivity contribution in [2.24, 2.45) is 11.3 Å². The van der Waals surface area contributed by atoms with E-state index in [4.69, 9.17) is 4.74 Å². The third kappa shape index (κ3) is 4.36. The van der Waals surface area contributed by atoms with E-state index in [1.54, 1.807) is 6.92 Å². The van der Waals surface area contributed by atoms with Crippen LogP contribution in [0, 0.1) is 23.2 Å². The Kier molecular flexibility index (Phi) is 6.68. The zero-order valence-electron chi connectivity index (χ0n) is 14.7. The van der Waals surface area contributed by atoms with Crippen molar-refractivity contribution >= 4 is 5.97 Å². The minimum absolute atomic E-state index is 0.134. The molecule has 0 aliphatic heterocycles. The van der Waals surface area contributed by atoms with Crippen molar-refractivity contribution in [2.45, 2.75) is 72.3 Å². The number of carbonyl (C=O) groups is 1. The molecule has 0 radical (unpaired) electrons. The second kappa shape index (κ2) is 7.83. The highest BCUT2D eigenvalue weighted by atomic mass is 16.5. The Labute approximate surface area is 135 Å². The van der Waals surface area contributed by atoms with Crippen LogP contribution < -0.4 is 0 Å². The molecule has 3 heteroatoms. The van der Waals surface area contributed by atoms with E-state index in [-0.39, 0.29) is 17.3 Å². The Hall–Kier alpha value is -1.27. The summed E-state index contributed by atoms with van der Waals surface area (Å²) in [4.78, 5) is 11.6. The largest absolute Gasteiger partial charge is 0.463 e. The summed E-state index contributed by atoms with van der Waals surface area (Å²) in [5.74, 6) is 5.94. The molecule has 3 nitrogen and oxygen atoms in total. The summed E-state index contributed by atoms with van der Waals surface area (Å²) in [7, 11) is 0. The van der Waals surface area contributed by atoms with Crippen LogP contribution in [0.3, 0.4) is 0 Å². The normalized spacial score (nSPS) is 27.7. The Bertz CT molecular complexity index is 479. The number of esters is 1. The van der Waals surface area contributed by atoms with Gasteiger partial charge in [-0.05, 0) is 32.1 Å². The fourth-order valence-corrected chi connectivity index (χ4v) is 3.15. The molecule has 0 aromatic carbocycles. The fraction of sp³-hybridized carbons (Fsp3) is 0.737. The molecule has 2 atom stereocenters. The number of hydrogen-bond acceptors (Lipinski definition) is 3. The molecule has 2 unspecified atom stereocenters. The van der Waals surface area contributed by atoms with Gasteiger partial charge in [0.15, 0.2) is 0 Å². The SMILES string of the molecule is CCC/C(C#CC1(O)C(C)CCCC1(C)C)=C/C(=O)OCC. The Morgan fingerprint density at radius 3 is 2.64 bits per heavy atom. The molecule has 0 bridgehead atoms. The van der Waals surface area contributed by atoms with Crippen LogP contribution in [0.2, 0.25) is 0 Å². The zero-order chi connectivity index (χ0) is 16.8. The minimum Gasteiger partial charge on any atom is -0.463 e. The summed E-state index contributed by atoms with van der Waals surface area (Å²) >= 11 is 0. The van der Waals surface area contributed by atoms with Crippen LogP contribution in [0.5, 0.6) is 0 Å². The monoisotopic (exact) mass is 306 g/mol. The molecule has 1 aliphatic rings. The van der Waals surface area contributed by atoms with Crippen LogP contribution in [0.4, 0.5) is 0 Å². The van der Waals surface area contributed by atoms with Crippen molar-refractivity contribution in [2.75, 3.05) is 6.61 Å². The van der Waals surface area contributed by atoms with E-state index in [1.165, 1.54) is 6.08 Å². The lowest BCUT2D eigenvalue weighted by Crippen LogP contribution is -2.51. The molecule has 0 aromatic rings. The van der Waals surface area contributed by atoms with Crippen molar-refractivity contribution < 1.29 is 14.6 Å². The number of allylic oxidation sites excluding steroid dienone is 1. The highest BCUT2D eigenvalue weighted by molar-refractivity contribution is 5.83. The van der Waals surface area contributed by atoms with Crippen molar-refractivity contribution in [3.63, 3.8) is 0 Å². The van der Waals surface area contributed by atoms with Gasteiger partial charge in [-0.3, -0.25) is 0 Å². The molecular formula is C19H30O3. The molecule has 1 rings (SSSR count). The van der Waals surface area contributed by atoms with Gasteiger partial charge in [-0.15, -0.1) is 0 Å². The second-order valence-electron chi connectivity index (χ2n) is 6.87.